The summed E-state index contributed by atoms with van der Waals surface area (Å²) in [6, 6.07) is 8.95. The van der Waals surface area contributed by atoms with E-state index in [1.54, 1.807) is 6.92 Å². The number of carbonyl (C=O) groups excluding carboxylic acids is 2. The SMILES string of the molecule is C[C@H](C(=O)NC1CCCC1)N(Cc1ccc(F)cc1)C(=O)CN(c1cc(Cl)cc(Cl)c1)S(C)(=O)=O. The molecule has 1 atom stereocenters. The zero-order chi connectivity index (χ0) is 25.8. The fourth-order valence-corrected chi connectivity index (χ4v) is 5.41. The number of nitrogens with zero attached hydrogens (tertiary/aromatic N) is 2. The Balaban J connectivity index is 1.89. The van der Waals surface area contributed by atoms with Crippen molar-refractivity contribution in [1.29, 1.82) is 0 Å². The monoisotopic (exact) mass is 543 g/mol. The Morgan fingerprint density at radius 3 is 2.20 bits per heavy atom. The van der Waals surface area contributed by atoms with Crippen LogP contribution < -0.4 is 9.62 Å². The summed E-state index contributed by atoms with van der Waals surface area (Å²) in [4.78, 5) is 27.8. The van der Waals surface area contributed by atoms with Gasteiger partial charge in [-0.3, -0.25) is 13.9 Å². The first-order valence-electron chi connectivity index (χ1n) is 11.2. The maximum absolute atomic E-state index is 13.5. The number of rotatable bonds is 9. The zero-order valence-corrected chi connectivity index (χ0v) is 21.8. The van der Waals surface area contributed by atoms with E-state index < -0.39 is 34.3 Å². The van der Waals surface area contributed by atoms with Crippen molar-refractivity contribution in [2.75, 3.05) is 17.1 Å². The number of nitrogens with one attached hydrogen (secondary N) is 1. The van der Waals surface area contributed by atoms with Crippen LogP contribution in [0.3, 0.4) is 0 Å². The zero-order valence-electron chi connectivity index (χ0n) is 19.5. The van der Waals surface area contributed by atoms with Gasteiger partial charge in [-0.2, -0.15) is 0 Å². The molecule has 0 saturated heterocycles. The summed E-state index contributed by atoms with van der Waals surface area (Å²) in [5.41, 5.74) is 0.722. The van der Waals surface area contributed by atoms with Gasteiger partial charge in [-0.25, -0.2) is 12.8 Å². The van der Waals surface area contributed by atoms with Crippen molar-refractivity contribution in [3.63, 3.8) is 0 Å². The van der Waals surface area contributed by atoms with Crippen molar-refractivity contribution in [3.05, 3.63) is 63.9 Å². The van der Waals surface area contributed by atoms with Crippen molar-refractivity contribution in [2.45, 2.75) is 51.2 Å². The molecule has 7 nitrogen and oxygen atoms in total. The summed E-state index contributed by atoms with van der Waals surface area (Å²) in [6.07, 6.45) is 4.78. The van der Waals surface area contributed by atoms with E-state index in [-0.39, 0.29) is 34.2 Å². The van der Waals surface area contributed by atoms with Crippen LogP contribution in [0.15, 0.2) is 42.5 Å². The summed E-state index contributed by atoms with van der Waals surface area (Å²) in [5.74, 6) is -1.37. The van der Waals surface area contributed by atoms with Gasteiger partial charge >= 0.3 is 0 Å². The molecule has 0 heterocycles. The maximum atomic E-state index is 13.5. The normalized spacial score (nSPS) is 15.0. The molecule has 190 valence electrons. The average molecular weight is 544 g/mol. The van der Waals surface area contributed by atoms with Gasteiger partial charge in [0.25, 0.3) is 0 Å². The second kappa shape index (κ2) is 11.6. The van der Waals surface area contributed by atoms with E-state index in [1.165, 1.54) is 47.4 Å². The number of amides is 2. The first-order chi connectivity index (χ1) is 16.4. The molecule has 0 unspecified atom stereocenters. The quantitative estimate of drug-likeness (QED) is 0.508. The number of hydrogen-bond donors (Lipinski definition) is 1. The van der Waals surface area contributed by atoms with Crippen molar-refractivity contribution < 1.29 is 22.4 Å². The van der Waals surface area contributed by atoms with E-state index in [0.29, 0.717) is 5.56 Å². The van der Waals surface area contributed by atoms with E-state index in [9.17, 15) is 22.4 Å². The number of halogens is 3. The van der Waals surface area contributed by atoms with Gasteiger partial charge in [0.2, 0.25) is 21.8 Å². The smallest absolute Gasteiger partial charge is 0.244 e. The highest BCUT2D eigenvalue weighted by atomic mass is 35.5. The molecule has 1 N–H and O–H groups in total. The molecule has 11 heteroatoms. The molecule has 0 bridgehead atoms. The Morgan fingerprint density at radius 2 is 1.66 bits per heavy atom. The van der Waals surface area contributed by atoms with Crippen LogP contribution in [0.2, 0.25) is 10.0 Å². The third kappa shape index (κ3) is 7.56. The molecule has 0 aromatic heterocycles. The molecule has 35 heavy (non-hydrogen) atoms. The fraction of sp³-hybridized carbons (Fsp3) is 0.417. The Morgan fingerprint density at radius 1 is 1.09 bits per heavy atom. The van der Waals surface area contributed by atoms with Gasteiger partial charge in [0, 0.05) is 22.6 Å². The Kier molecular flexibility index (Phi) is 9.01. The molecule has 2 aromatic carbocycles. The van der Waals surface area contributed by atoms with Gasteiger partial charge in [0.05, 0.1) is 11.9 Å². The van der Waals surface area contributed by atoms with E-state index in [2.05, 4.69) is 5.32 Å². The molecule has 0 spiro atoms. The van der Waals surface area contributed by atoms with Crippen LogP contribution in [-0.4, -0.2) is 50.0 Å². The van der Waals surface area contributed by atoms with Gasteiger partial charge in [0.15, 0.2) is 0 Å². The first kappa shape index (κ1) is 27.2. The molecular formula is C24H28Cl2FN3O4S. The van der Waals surface area contributed by atoms with E-state index in [0.717, 1.165) is 36.2 Å². The standard InChI is InChI=1S/C24H28Cl2FN3O4S/c1-16(24(32)28-21-5-3-4-6-21)29(14-17-7-9-20(27)10-8-17)23(31)15-30(35(2,33)34)22-12-18(25)11-19(26)13-22/h7-13,16,21H,3-6,14-15H2,1-2H3,(H,28,32)/t16-/m1/s1. The van der Waals surface area contributed by atoms with Gasteiger partial charge in [0.1, 0.15) is 18.4 Å². The van der Waals surface area contributed by atoms with Gasteiger partial charge in [-0.1, -0.05) is 48.2 Å². The van der Waals surface area contributed by atoms with Crippen molar-refractivity contribution >= 4 is 50.7 Å². The Labute approximate surface area is 215 Å². The van der Waals surface area contributed by atoms with Crippen molar-refractivity contribution in [3.8, 4) is 0 Å². The summed E-state index contributed by atoms with van der Waals surface area (Å²) in [5, 5.41) is 3.40. The van der Waals surface area contributed by atoms with E-state index in [1.807, 2.05) is 0 Å². The van der Waals surface area contributed by atoms with Crippen LogP contribution in [0, 0.1) is 5.82 Å². The minimum Gasteiger partial charge on any atom is -0.352 e. The Hall–Kier alpha value is -2.36. The fourth-order valence-electron chi connectivity index (χ4n) is 4.06. The Bertz CT molecular complexity index is 1150. The molecule has 1 saturated carbocycles. The molecule has 1 fully saturated rings. The predicted molar refractivity (Wildman–Crippen MR) is 135 cm³/mol. The third-order valence-electron chi connectivity index (χ3n) is 5.95. The second-order valence-electron chi connectivity index (χ2n) is 8.71. The lowest BCUT2D eigenvalue weighted by atomic mass is 10.1. The summed E-state index contributed by atoms with van der Waals surface area (Å²) < 4.78 is 39.5. The van der Waals surface area contributed by atoms with Gasteiger partial charge < -0.3 is 10.2 Å². The van der Waals surface area contributed by atoms with Crippen LogP contribution >= 0.6 is 23.2 Å². The third-order valence-corrected chi connectivity index (χ3v) is 7.53. The van der Waals surface area contributed by atoms with E-state index in [4.69, 9.17) is 23.2 Å². The lowest BCUT2D eigenvalue weighted by molar-refractivity contribution is -0.139. The topological polar surface area (TPSA) is 86.8 Å². The molecule has 2 amide bonds. The lowest BCUT2D eigenvalue weighted by Gasteiger charge is -2.32. The predicted octanol–water partition coefficient (Wildman–Crippen LogP) is 4.37. The number of hydrogen-bond acceptors (Lipinski definition) is 4. The highest BCUT2D eigenvalue weighted by molar-refractivity contribution is 7.92. The molecule has 0 radical (unpaired) electrons. The van der Waals surface area contributed by atoms with Crippen LogP contribution in [0.25, 0.3) is 0 Å². The minimum atomic E-state index is -3.90. The van der Waals surface area contributed by atoms with Crippen molar-refractivity contribution in [1.82, 2.24) is 10.2 Å². The first-order valence-corrected chi connectivity index (χ1v) is 13.8. The highest BCUT2D eigenvalue weighted by Gasteiger charge is 2.31. The average Bonchev–Trinajstić information content (AvgIpc) is 3.28. The lowest BCUT2D eigenvalue weighted by Crippen LogP contribution is -2.52. The van der Waals surface area contributed by atoms with Crippen LogP contribution in [-0.2, 0) is 26.2 Å². The highest BCUT2D eigenvalue weighted by Crippen LogP contribution is 2.27. The van der Waals surface area contributed by atoms with Crippen molar-refractivity contribution in [2.24, 2.45) is 0 Å². The number of sulfonamides is 1. The van der Waals surface area contributed by atoms with Crippen LogP contribution in [0.4, 0.5) is 10.1 Å². The molecule has 2 aromatic rings. The van der Waals surface area contributed by atoms with E-state index >= 15 is 0 Å². The van der Waals surface area contributed by atoms with Crippen LogP contribution in [0.5, 0.6) is 0 Å². The summed E-state index contributed by atoms with van der Waals surface area (Å²) in [7, 11) is -3.90. The minimum absolute atomic E-state index is 0.00767. The number of anilines is 1. The molecule has 1 aliphatic carbocycles. The second-order valence-corrected chi connectivity index (χ2v) is 11.5. The van der Waals surface area contributed by atoms with Gasteiger partial charge in [-0.05, 0) is 55.7 Å². The molecular weight excluding hydrogens is 516 g/mol. The summed E-state index contributed by atoms with van der Waals surface area (Å²) >= 11 is 12.1. The molecule has 1 aliphatic rings. The molecule has 3 rings (SSSR count). The summed E-state index contributed by atoms with van der Waals surface area (Å²) in [6.45, 7) is 1.01. The number of carbonyl (C=O) groups is 2. The maximum Gasteiger partial charge on any atom is 0.244 e. The largest absolute Gasteiger partial charge is 0.352 e. The molecule has 0 aliphatic heterocycles. The number of benzene rings is 2. The van der Waals surface area contributed by atoms with Crippen LogP contribution in [0.1, 0.15) is 38.2 Å². The van der Waals surface area contributed by atoms with Gasteiger partial charge in [-0.15, -0.1) is 0 Å².